The van der Waals surface area contributed by atoms with Crippen molar-refractivity contribution in [1.29, 1.82) is 0 Å². The van der Waals surface area contributed by atoms with Crippen LogP contribution in [0.3, 0.4) is 0 Å². The highest BCUT2D eigenvalue weighted by atomic mass is 16.5. The maximum atomic E-state index is 12.4. The van der Waals surface area contributed by atoms with Gasteiger partial charge in [-0.3, -0.25) is 0 Å². The molecule has 0 aromatic heterocycles. The lowest BCUT2D eigenvalue weighted by Gasteiger charge is -2.46. The van der Waals surface area contributed by atoms with E-state index in [1.807, 2.05) is 52.0 Å². The highest BCUT2D eigenvalue weighted by molar-refractivity contribution is 5.89. The molecule has 1 heterocycles. The zero-order chi connectivity index (χ0) is 15.7. The van der Waals surface area contributed by atoms with E-state index in [9.17, 15) is 4.79 Å². The SMILES string of the molecule is CC1(C)CN(C(=O)Nc2ccc(CN)cc2)CC(C)(C)O1. The first kappa shape index (κ1) is 15.8. The van der Waals surface area contributed by atoms with E-state index in [4.69, 9.17) is 10.5 Å². The summed E-state index contributed by atoms with van der Waals surface area (Å²) < 4.78 is 5.99. The molecular weight excluding hydrogens is 266 g/mol. The Morgan fingerprint density at radius 3 is 2.19 bits per heavy atom. The number of carbonyl (C=O) groups excluding carboxylic acids is 1. The standard InChI is InChI=1S/C16H25N3O2/c1-15(2)10-19(11-16(3,4)21-15)14(20)18-13-7-5-12(9-17)6-8-13/h5-8H,9-11,17H2,1-4H3,(H,18,20). The number of hydrogen-bond acceptors (Lipinski definition) is 3. The van der Waals surface area contributed by atoms with Crippen LogP contribution in [-0.2, 0) is 11.3 Å². The van der Waals surface area contributed by atoms with Gasteiger partial charge in [-0.2, -0.15) is 0 Å². The lowest BCUT2D eigenvalue weighted by molar-refractivity contribution is -0.169. The van der Waals surface area contributed by atoms with Gasteiger partial charge in [-0.1, -0.05) is 12.1 Å². The first-order chi connectivity index (χ1) is 9.71. The number of nitrogens with one attached hydrogen (secondary N) is 1. The van der Waals surface area contributed by atoms with E-state index in [0.717, 1.165) is 11.3 Å². The minimum absolute atomic E-state index is 0.0973. The molecule has 3 N–H and O–H groups in total. The van der Waals surface area contributed by atoms with Crippen LogP contribution in [0.5, 0.6) is 0 Å². The van der Waals surface area contributed by atoms with Gasteiger partial charge in [-0.15, -0.1) is 0 Å². The maximum absolute atomic E-state index is 12.4. The van der Waals surface area contributed by atoms with E-state index < -0.39 is 0 Å². The van der Waals surface area contributed by atoms with Gasteiger partial charge in [0.2, 0.25) is 0 Å². The Kier molecular flexibility index (Phi) is 4.25. The summed E-state index contributed by atoms with van der Waals surface area (Å²) in [4.78, 5) is 14.2. The molecule has 1 fully saturated rings. The Bertz CT molecular complexity index is 493. The van der Waals surface area contributed by atoms with E-state index >= 15 is 0 Å². The van der Waals surface area contributed by atoms with Gasteiger partial charge in [-0.25, -0.2) is 4.79 Å². The van der Waals surface area contributed by atoms with Gasteiger partial charge in [-0.05, 0) is 45.4 Å². The van der Waals surface area contributed by atoms with Gasteiger partial charge >= 0.3 is 6.03 Å². The number of amides is 2. The molecular formula is C16H25N3O2. The molecule has 1 aromatic rings. The fraction of sp³-hybridized carbons (Fsp3) is 0.562. The quantitative estimate of drug-likeness (QED) is 0.880. The summed E-state index contributed by atoms with van der Waals surface area (Å²) in [6, 6.07) is 7.49. The molecule has 1 aliphatic heterocycles. The minimum atomic E-state index is -0.345. The lowest BCUT2D eigenvalue weighted by Crippen LogP contribution is -2.59. The number of nitrogens with two attached hydrogens (primary N) is 1. The van der Waals surface area contributed by atoms with Crippen molar-refractivity contribution in [2.75, 3.05) is 18.4 Å². The first-order valence-corrected chi connectivity index (χ1v) is 7.26. The summed E-state index contributed by atoms with van der Waals surface area (Å²) in [5.74, 6) is 0. The maximum Gasteiger partial charge on any atom is 0.322 e. The third-order valence-electron chi connectivity index (χ3n) is 3.42. The van der Waals surface area contributed by atoms with Crippen molar-refractivity contribution < 1.29 is 9.53 Å². The Morgan fingerprint density at radius 1 is 1.19 bits per heavy atom. The van der Waals surface area contributed by atoms with Crippen LogP contribution < -0.4 is 11.1 Å². The number of hydrogen-bond donors (Lipinski definition) is 2. The van der Waals surface area contributed by atoms with Crippen molar-refractivity contribution >= 4 is 11.7 Å². The molecule has 1 aliphatic rings. The van der Waals surface area contributed by atoms with Crippen LogP contribution in [0, 0.1) is 0 Å². The topological polar surface area (TPSA) is 67.6 Å². The average molecular weight is 291 g/mol. The van der Waals surface area contributed by atoms with Crippen LogP contribution in [-0.4, -0.2) is 35.2 Å². The second-order valence-corrected chi connectivity index (χ2v) is 6.81. The monoisotopic (exact) mass is 291 g/mol. The normalized spacial score (nSPS) is 20.1. The van der Waals surface area contributed by atoms with Crippen LogP contribution in [0.1, 0.15) is 33.3 Å². The molecule has 0 atom stereocenters. The number of anilines is 1. The molecule has 2 rings (SSSR count). The van der Waals surface area contributed by atoms with Gasteiger partial charge in [0.1, 0.15) is 0 Å². The van der Waals surface area contributed by atoms with Crippen molar-refractivity contribution in [1.82, 2.24) is 4.90 Å². The molecule has 5 nitrogen and oxygen atoms in total. The van der Waals surface area contributed by atoms with E-state index in [0.29, 0.717) is 19.6 Å². The zero-order valence-corrected chi connectivity index (χ0v) is 13.3. The highest BCUT2D eigenvalue weighted by Gasteiger charge is 2.39. The molecule has 0 unspecified atom stereocenters. The number of ether oxygens (including phenoxy) is 1. The molecule has 2 amide bonds. The fourth-order valence-electron chi connectivity index (χ4n) is 2.86. The van der Waals surface area contributed by atoms with Crippen LogP contribution in [0.2, 0.25) is 0 Å². The first-order valence-electron chi connectivity index (χ1n) is 7.26. The van der Waals surface area contributed by atoms with Crippen LogP contribution in [0.15, 0.2) is 24.3 Å². The Balaban J connectivity index is 2.05. The largest absolute Gasteiger partial charge is 0.366 e. The van der Waals surface area contributed by atoms with Crippen LogP contribution >= 0.6 is 0 Å². The van der Waals surface area contributed by atoms with Crippen molar-refractivity contribution in [3.63, 3.8) is 0 Å². The molecule has 0 aliphatic carbocycles. The second kappa shape index (κ2) is 5.66. The van der Waals surface area contributed by atoms with Crippen molar-refractivity contribution in [3.8, 4) is 0 Å². The predicted octanol–water partition coefficient (Wildman–Crippen LogP) is 2.57. The predicted molar refractivity (Wildman–Crippen MR) is 84.2 cm³/mol. The highest BCUT2D eigenvalue weighted by Crippen LogP contribution is 2.28. The number of nitrogens with zero attached hydrogens (tertiary/aromatic N) is 1. The summed E-state index contributed by atoms with van der Waals surface area (Å²) in [5.41, 5.74) is 6.70. The molecule has 21 heavy (non-hydrogen) atoms. The third kappa shape index (κ3) is 4.19. The molecule has 5 heteroatoms. The molecule has 0 spiro atoms. The van der Waals surface area contributed by atoms with Gasteiger partial charge in [0.25, 0.3) is 0 Å². The zero-order valence-electron chi connectivity index (χ0n) is 13.3. The van der Waals surface area contributed by atoms with Crippen molar-refractivity contribution in [2.24, 2.45) is 5.73 Å². The van der Waals surface area contributed by atoms with Crippen molar-refractivity contribution in [2.45, 2.75) is 45.4 Å². The summed E-state index contributed by atoms with van der Waals surface area (Å²) in [6.07, 6.45) is 0. The van der Waals surface area contributed by atoms with E-state index in [2.05, 4.69) is 5.32 Å². The molecule has 0 bridgehead atoms. The Hall–Kier alpha value is -1.59. The van der Waals surface area contributed by atoms with E-state index in [1.54, 1.807) is 4.90 Å². The number of urea groups is 1. The second-order valence-electron chi connectivity index (χ2n) is 6.81. The Labute approximate surface area is 126 Å². The van der Waals surface area contributed by atoms with Gasteiger partial charge in [0.05, 0.1) is 24.3 Å². The Morgan fingerprint density at radius 2 is 1.71 bits per heavy atom. The van der Waals surface area contributed by atoms with Gasteiger partial charge in [0, 0.05) is 12.2 Å². The minimum Gasteiger partial charge on any atom is -0.366 e. The number of carbonyl (C=O) groups is 1. The number of benzene rings is 1. The van der Waals surface area contributed by atoms with Crippen LogP contribution in [0.25, 0.3) is 0 Å². The molecule has 1 aromatic carbocycles. The van der Waals surface area contributed by atoms with Crippen LogP contribution in [0.4, 0.5) is 10.5 Å². The molecule has 1 saturated heterocycles. The van der Waals surface area contributed by atoms with Gasteiger partial charge < -0.3 is 20.7 Å². The molecule has 116 valence electrons. The average Bonchev–Trinajstić information content (AvgIpc) is 2.36. The summed E-state index contributed by atoms with van der Waals surface area (Å²) in [6.45, 7) is 9.66. The van der Waals surface area contributed by atoms with E-state index in [-0.39, 0.29) is 17.2 Å². The van der Waals surface area contributed by atoms with Crippen molar-refractivity contribution in [3.05, 3.63) is 29.8 Å². The smallest absolute Gasteiger partial charge is 0.322 e. The van der Waals surface area contributed by atoms with Gasteiger partial charge in [0.15, 0.2) is 0 Å². The summed E-state index contributed by atoms with van der Waals surface area (Å²) >= 11 is 0. The third-order valence-corrected chi connectivity index (χ3v) is 3.42. The summed E-state index contributed by atoms with van der Waals surface area (Å²) in [5, 5.41) is 2.93. The summed E-state index contributed by atoms with van der Waals surface area (Å²) in [7, 11) is 0. The molecule has 0 radical (unpaired) electrons. The lowest BCUT2D eigenvalue weighted by atomic mass is 9.99. The number of morpholine rings is 1. The van der Waals surface area contributed by atoms with E-state index in [1.165, 1.54) is 0 Å². The fourth-order valence-corrected chi connectivity index (χ4v) is 2.86. The molecule has 0 saturated carbocycles. The number of rotatable bonds is 2.